The standard InChI is InChI=1S/C7H5ClN2O4S/c1-15-6-3-4(9(11)12)2-5(8)7(6)10(13)14/h2-3H,1H3. The number of nitro benzene ring substituents is 2. The topological polar surface area (TPSA) is 86.3 Å². The Bertz CT molecular complexity index is 437. The molecule has 80 valence electrons. The average Bonchev–Trinajstić information content (AvgIpc) is 2.15. The maximum atomic E-state index is 10.6. The predicted molar refractivity (Wildman–Crippen MR) is 56.5 cm³/mol. The molecule has 0 fully saturated rings. The van der Waals surface area contributed by atoms with Crippen molar-refractivity contribution in [3.05, 3.63) is 37.4 Å². The molecule has 0 aliphatic carbocycles. The quantitative estimate of drug-likeness (QED) is 0.466. The zero-order chi connectivity index (χ0) is 11.6. The van der Waals surface area contributed by atoms with Crippen LogP contribution >= 0.6 is 23.4 Å². The largest absolute Gasteiger partial charge is 0.301 e. The van der Waals surface area contributed by atoms with E-state index < -0.39 is 9.85 Å². The molecule has 1 aromatic rings. The summed E-state index contributed by atoms with van der Waals surface area (Å²) in [4.78, 5) is 20.0. The number of non-ortho nitro benzene ring substituents is 1. The molecule has 0 heterocycles. The minimum absolute atomic E-state index is 0.180. The molecule has 0 atom stereocenters. The van der Waals surface area contributed by atoms with Gasteiger partial charge in [0, 0.05) is 12.1 Å². The lowest BCUT2D eigenvalue weighted by Crippen LogP contribution is -1.95. The maximum Gasteiger partial charge on any atom is 0.301 e. The van der Waals surface area contributed by atoms with Crippen molar-refractivity contribution in [1.82, 2.24) is 0 Å². The number of halogens is 1. The summed E-state index contributed by atoms with van der Waals surface area (Å²) >= 11 is 6.63. The third-order valence-electron chi connectivity index (χ3n) is 1.63. The monoisotopic (exact) mass is 248 g/mol. The van der Waals surface area contributed by atoms with Crippen LogP contribution in [-0.2, 0) is 0 Å². The van der Waals surface area contributed by atoms with Crippen LogP contribution in [-0.4, -0.2) is 16.1 Å². The second kappa shape index (κ2) is 4.45. The molecule has 0 amide bonds. The summed E-state index contributed by atoms with van der Waals surface area (Å²) in [5.41, 5.74) is -0.551. The molecule has 0 aromatic heterocycles. The zero-order valence-electron chi connectivity index (χ0n) is 7.47. The van der Waals surface area contributed by atoms with Crippen molar-refractivity contribution < 1.29 is 9.85 Å². The Balaban J connectivity index is 3.43. The lowest BCUT2D eigenvalue weighted by atomic mass is 10.3. The second-order valence-corrected chi connectivity index (χ2v) is 3.75. The minimum atomic E-state index is -0.655. The van der Waals surface area contributed by atoms with Crippen LogP contribution in [0.2, 0.25) is 5.02 Å². The highest BCUT2D eigenvalue weighted by Crippen LogP contribution is 2.37. The smallest absolute Gasteiger partial charge is 0.258 e. The Morgan fingerprint density at radius 1 is 1.27 bits per heavy atom. The Morgan fingerprint density at radius 2 is 1.87 bits per heavy atom. The fourth-order valence-corrected chi connectivity index (χ4v) is 1.95. The van der Waals surface area contributed by atoms with E-state index in [1.807, 2.05) is 0 Å². The van der Waals surface area contributed by atoms with Crippen LogP contribution in [0.25, 0.3) is 0 Å². The van der Waals surface area contributed by atoms with Gasteiger partial charge in [-0.25, -0.2) is 0 Å². The van der Waals surface area contributed by atoms with Crippen LogP contribution < -0.4 is 0 Å². The van der Waals surface area contributed by atoms with Crippen LogP contribution in [0.4, 0.5) is 11.4 Å². The molecule has 6 nitrogen and oxygen atoms in total. The van der Waals surface area contributed by atoms with Gasteiger partial charge in [-0.3, -0.25) is 20.2 Å². The summed E-state index contributed by atoms with van der Waals surface area (Å²) in [6.45, 7) is 0. The van der Waals surface area contributed by atoms with Crippen molar-refractivity contribution in [2.24, 2.45) is 0 Å². The van der Waals surface area contributed by atoms with E-state index in [1.54, 1.807) is 6.26 Å². The SMILES string of the molecule is CSc1cc([N+](=O)[O-])cc(Cl)c1[N+](=O)[O-]. The Morgan fingerprint density at radius 3 is 2.27 bits per heavy atom. The summed E-state index contributed by atoms with van der Waals surface area (Å²) in [6, 6.07) is 2.11. The van der Waals surface area contributed by atoms with E-state index in [1.165, 1.54) is 0 Å². The molecule has 0 N–H and O–H groups in total. The first-order valence-electron chi connectivity index (χ1n) is 3.63. The molecule has 8 heteroatoms. The molecule has 0 aliphatic rings. The van der Waals surface area contributed by atoms with Crippen molar-refractivity contribution in [2.45, 2.75) is 4.90 Å². The van der Waals surface area contributed by atoms with Crippen LogP contribution in [0.5, 0.6) is 0 Å². The second-order valence-electron chi connectivity index (χ2n) is 2.49. The van der Waals surface area contributed by atoms with Gasteiger partial charge in [0.05, 0.1) is 14.7 Å². The van der Waals surface area contributed by atoms with Gasteiger partial charge >= 0.3 is 5.69 Å². The van der Waals surface area contributed by atoms with Gasteiger partial charge in [0.2, 0.25) is 0 Å². The van der Waals surface area contributed by atoms with E-state index in [9.17, 15) is 20.2 Å². The summed E-state index contributed by atoms with van der Waals surface area (Å²) in [7, 11) is 0. The van der Waals surface area contributed by atoms with Crippen molar-refractivity contribution in [1.29, 1.82) is 0 Å². The summed E-state index contributed by atoms with van der Waals surface area (Å²) in [5.74, 6) is 0. The third-order valence-corrected chi connectivity index (χ3v) is 2.67. The molecule has 0 spiro atoms. The van der Waals surface area contributed by atoms with E-state index in [4.69, 9.17) is 11.6 Å². The van der Waals surface area contributed by atoms with Crippen molar-refractivity contribution in [3.63, 3.8) is 0 Å². The van der Waals surface area contributed by atoms with E-state index in [-0.39, 0.29) is 21.3 Å². The molecule has 0 bridgehead atoms. The van der Waals surface area contributed by atoms with Gasteiger partial charge in [-0.05, 0) is 6.26 Å². The maximum absolute atomic E-state index is 10.6. The lowest BCUT2D eigenvalue weighted by molar-refractivity contribution is -0.391. The highest BCUT2D eigenvalue weighted by Gasteiger charge is 2.23. The molecule has 1 rings (SSSR count). The summed E-state index contributed by atoms with van der Waals surface area (Å²) in [6.07, 6.45) is 1.59. The number of rotatable bonds is 3. The summed E-state index contributed by atoms with van der Waals surface area (Å²) in [5, 5.41) is 20.9. The average molecular weight is 249 g/mol. The van der Waals surface area contributed by atoms with Gasteiger partial charge in [-0.2, -0.15) is 0 Å². The van der Waals surface area contributed by atoms with Crippen LogP contribution in [0, 0.1) is 20.2 Å². The van der Waals surface area contributed by atoms with E-state index in [2.05, 4.69) is 0 Å². The fraction of sp³-hybridized carbons (Fsp3) is 0.143. The summed E-state index contributed by atoms with van der Waals surface area (Å²) < 4.78 is 0. The first kappa shape index (κ1) is 11.7. The molecule has 0 radical (unpaired) electrons. The number of thioether (sulfide) groups is 1. The van der Waals surface area contributed by atoms with Crippen LogP contribution in [0.1, 0.15) is 0 Å². The number of nitrogens with zero attached hydrogens (tertiary/aromatic N) is 2. The van der Waals surface area contributed by atoms with Crippen molar-refractivity contribution in [2.75, 3.05) is 6.26 Å². The Labute approximate surface area is 93.5 Å². The number of nitro groups is 2. The highest BCUT2D eigenvalue weighted by atomic mass is 35.5. The Kier molecular flexibility index (Phi) is 3.48. The van der Waals surface area contributed by atoms with Crippen LogP contribution in [0.3, 0.4) is 0 Å². The van der Waals surface area contributed by atoms with Gasteiger partial charge < -0.3 is 0 Å². The predicted octanol–water partition coefficient (Wildman–Crippen LogP) is 2.88. The van der Waals surface area contributed by atoms with Crippen molar-refractivity contribution >= 4 is 34.7 Å². The van der Waals surface area contributed by atoms with Gasteiger partial charge in [0.1, 0.15) is 5.02 Å². The Hall–Kier alpha value is -1.34. The number of benzene rings is 1. The van der Waals surface area contributed by atoms with Crippen molar-refractivity contribution in [3.8, 4) is 0 Å². The zero-order valence-corrected chi connectivity index (χ0v) is 9.04. The first-order chi connectivity index (χ1) is 6.97. The molecule has 0 aliphatic heterocycles. The molecule has 0 saturated heterocycles. The van der Waals surface area contributed by atoms with Gasteiger partial charge in [-0.15, -0.1) is 11.8 Å². The molecular weight excluding hydrogens is 244 g/mol. The molecule has 0 unspecified atom stereocenters. The van der Waals surface area contributed by atoms with Gasteiger partial charge in [-0.1, -0.05) is 11.6 Å². The highest BCUT2D eigenvalue weighted by molar-refractivity contribution is 7.98. The van der Waals surface area contributed by atoms with Crippen LogP contribution in [0.15, 0.2) is 17.0 Å². The molecule has 15 heavy (non-hydrogen) atoms. The van der Waals surface area contributed by atoms with Gasteiger partial charge in [0.25, 0.3) is 5.69 Å². The minimum Gasteiger partial charge on any atom is -0.258 e. The third kappa shape index (κ3) is 2.37. The molecule has 0 saturated carbocycles. The van der Waals surface area contributed by atoms with Gasteiger partial charge in [0.15, 0.2) is 0 Å². The normalized spacial score (nSPS) is 10.0. The molecular formula is C7H5ClN2O4S. The van der Waals surface area contributed by atoms with E-state index in [0.29, 0.717) is 0 Å². The van der Waals surface area contributed by atoms with E-state index in [0.717, 1.165) is 23.9 Å². The fourth-order valence-electron chi connectivity index (χ4n) is 0.998. The first-order valence-corrected chi connectivity index (χ1v) is 5.24. The van der Waals surface area contributed by atoms with E-state index >= 15 is 0 Å². The number of hydrogen-bond acceptors (Lipinski definition) is 5. The molecule has 1 aromatic carbocycles. The lowest BCUT2D eigenvalue weighted by Gasteiger charge is -2.01. The number of hydrogen-bond donors (Lipinski definition) is 0.